The Labute approximate surface area is 122 Å². The number of rotatable bonds is 3. The van der Waals surface area contributed by atoms with Crippen molar-refractivity contribution in [1.82, 2.24) is 0 Å². The van der Waals surface area contributed by atoms with Crippen molar-refractivity contribution < 1.29 is 13.9 Å². The van der Waals surface area contributed by atoms with Crippen molar-refractivity contribution in [2.24, 2.45) is 5.73 Å². The molecule has 0 saturated carbocycles. The Kier molecular flexibility index (Phi) is 3.75. The molecule has 1 aromatic heterocycles. The number of fused-ring (bicyclic) bond motifs is 1. The van der Waals surface area contributed by atoms with E-state index in [1.807, 2.05) is 18.2 Å². The van der Waals surface area contributed by atoms with Gasteiger partial charge in [-0.25, -0.2) is 0 Å². The highest BCUT2D eigenvalue weighted by Crippen LogP contribution is 2.32. The Morgan fingerprint density at radius 1 is 1.38 bits per heavy atom. The maximum absolute atomic E-state index is 12.3. The SMILES string of the molecule is NCc1ccc2c(c1)OCCN2C(=O)/C=C/c1ccco1. The predicted octanol–water partition coefficient (Wildman–Crippen LogP) is 2.18. The lowest BCUT2D eigenvalue weighted by Crippen LogP contribution is -2.36. The highest BCUT2D eigenvalue weighted by molar-refractivity contribution is 6.04. The zero-order valence-corrected chi connectivity index (χ0v) is 11.5. The first-order chi connectivity index (χ1) is 10.3. The lowest BCUT2D eigenvalue weighted by atomic mass is 10.1. The van der Waals surface area contributed by atoms with E-state index in [2.05, 4.69) is 0 Å². The number of amides is 1. The molecule has 0 spiro atoms. The molecule has 0 saturated heterocycles. The highest BCUT2D eigenvalue weighted by atomic mass is 16.5. The van der Waals surface area contributed by atoms with Gasteiger partial charge in [0.25, 0.3) is 5.91 Å². The fourth-order valence-corrected chi connectivity index (χ4v) is 2.25. The van der Waals surface area contributed by atoms with Gasteiger partial charge in [-0.15, -0.1) is 0 Å². The molecule has 5 nitrogen and oxygen atoms in total. The van der Waals surface area contributed by atoms with Crippen LogP contribution in [0, 0.1) is 0 Å². The van der Waals surface area contributed by atoms with Crippen molar-refractivity contribution >= 4 is 17.7 Å². The van der Waals surface area contributed by atoms with Crippen molar-refractivity contribution in [3.63, 3.8) is 0 Å². The molecule has 2 aromatic rings. The van der Waals surface area contributed by atoms with Crippen LogP contribution in [0.5, 0.6) is 5.75 Å². The van der Waals surface area contributed by atoms with Crippen LogP contribution in [0.25, 0.3) is 6.08 Å². The van der Waals surface area contributed by atoms with Crippen LogP contribution in [0.2, 0.25) is 0 Å². The van der Waals surface area contributed by atoms with Gasteiger partial charge in [0.1, 0.15) is 18.1 Å². The van der Waals surface area contributed by atoms with Crippen molar-refractivity contribution in [2.75, 3.05) is 18.1 Å². The molecule has 2 N–H and O–H groups in total. The van der Waals surface area contributed by atoms with Gasteiger partial charge in [0.05, 0.1) is 18.5 Å². The summed E-state index contributed by atoms with van der Waals surface area (Å²) in [6.45, 7) is 1.45. The second kappa shape index (κ2) is 5.85. The topological polar surface area (TPSA) is 68.7 Å². The average Bonchev–Trinajstić information content (AvgIpc) is 3.04. The van der Waals surface area contributed by atoms with Crippen molar-refractivity contribution in [2.45, 2.75) is 6.54 Å². The molecule has 1 aromatic carbocycles. The zero-order chi connectivity index (χ0) is 14.7. The minimum Gasteiger partial charge on any atom is -0.490 e. The number of carbonyl (C=O) groups excluding carboxylic acids is 1. The van der Waals surface area contributed by atoms with Gasteiger partial charge in [-0.1, -0.05) is 6.07 Å². The molecule has 0 unspecified atom stereocenters. The minimum atomic E-state index is -0.101. The molecule has 1 aliphatic rings. The number of furan rings is 1. The van der Waals surface area contributed by atoms with E-state index in [0.29, 0.717) is 31.2 Å². The largest absolute Gasteiger partial charge is 0.490 e. The third-order valence-electron chi connectivity index (χ3n) is 3.32. The van der Waals surface area contributed by atoms with Crippen molar-refractivity contribution in [3.05, 3.63) is 54.0 Å². The number of carbonyl (C=O) groups is 1. The van der Waals surface area contributed by atoms with Crippen LogP contribution in [0.15, 0.2) is 47.1 Å². The van der Waals surface area contributed by atoms with Crippen LogP contribution in [-0.4, -0.2) is 19.1 Å². The Hall–Kier alpha value is -2.53. The third kappa shape index (κ3) is 2.83. The monoisotopic (exact) mass is 284 g/mol. The van der Waals surface area contributed by atoms with Crippen LogP contribution in [0.3, 0.4) is 0 Å². The van der Waals surface area contributed by atoms with E-state index in [1.165, 1.54) is 6.08 Å². The molecule has 1 amide bonds. The Morgan fingerprint density at radius 3 is 3.05 bits per heavy atom. The number of anilines is 1. The summed E-state index contributed by atoms with van der Waals surface area (Å²) >= 11 is 0. The zero-order valence-electron chi connectivity index (χ0n) is 11.5. The first-order valence-electron chi connectivity index (χ1n) is 6.77. The summed E-state index contributed by atoms with van der Waals surface area (Å²) in [5, 5.41) is 0. The first kappa shape index (κ1) is 13.5. The van der Waals surface area contributed by atoms with Crippen LogP contribution in [-0.2, 0) is 11.3 Å². The Bertz CT molecular complexity index is 662. The molecule has 5 heteroatoms. The fraction of sp³-hybridized carbons (Fsp3) is 0.188. The number of hydrogen-bond donors (Lipinski definition) is 1. The van der Waals surface area contributed by atoms with E-state index in [-0.39, 0.29) is 5.91 Å². The Morgan fingerprint density at radius 2 is 2.29 bits per heavy atom. The summed E-state index contributed by atoms with van der Waals surface area (Å²) in [6.07, 6.45) is 4.74. The summed E-state index contributed by atoms with van der Waals surface area (Å²) in [7, 11) is 0. The summed E-state index contributed by atoms with van der Waals surface area (Å²) < 4.78 is 10.8. The van der Waals surface area contributed by atoms with E-state index >= 15 is 0 Å². The molecular weight excluding hydrogens is 268 g/mol. The summed E-state index contributed by atoms with van der Waals surface area (Å²) in [5.41, 5.74) is 7.37. The van der Waals surface area contributed by atoms with E-state index in [4.69, 9.17) is 14.9 Å². The standard InChI is InChI=1S/C16H16N2O3/c17-11-12-3-5-14-15(10-12)21-9-7-18(14)16(19)6-4-13-2-1-8-20-13/h1-6,8,10H,7,9,11,17H2/b6-4+. The molecule has 0 fully saturated rings. The average molecular weight is 284 g/mol. The Balaban J connectivity index is 1.82. The van der Waals surface area contributed by atoms with Gasteiger partial charge in [-0.3, -0.25) is 4.79 Å². The molecule has 108 valence electrons. The predicted molar refractivity (Wildman–Crippen MR) is 79.9 cm³/mol. The van der Waals surface area contributed by atoms with Crippen LogP contribution >= 0.6 is 0 Å². The van der Waals surface area contributed by atoms with Gasteiger partial charge in [-0.05, 0) is 35.9 Å². The molecule has 0 atom stereocenters. The van der Waals surface area contributed by atoms with E-state index in [9.17, 15) is 4.79 Å². The number of nitrogens with zero attached hydrogens (tertiary/aromatic N) is 1. The van der Waals surface area contributed by atoms with Crippen LogP contribution < -0.4 is 15.4 Å². The summed E-state index contributed by atoms with van der Waals surface area (Å²) in [5.74, 6) is 1.25. The molecule has 1 aliphatic heterocycles. The van der Waals surface area contributed by atoms with Gasteiger partial charge < -0.3 is 19.8 Å². The lowest BCUT2D eigenvalue weighted by Gasteiger charge is -2.29. The number of nitrogens with two attached hydrogens (primary N) is 1. The van der Waals surface area contributed by atoms with Gasteiger partial charge in [0, 0.05) is 12.6 Å². The van der Waals surface area contributed by atoms with E-state index < -0.39 is 0 Å². The summed E-state index contributed by atoms with van der Waals surface area (Å²) in [4.78, 5) is 14.0. The normalized spacial score (nSPS) is 14.0. The number of benzene rings is 1. The van der Waals surface area contributed by atoms with Gasteiger partial charge >= 0.3 is 0 Å². The maximum Gasteiger partial charge on any atom is 0.251 e. The third-order valence-corrected chi connectivity index (χ3v) is 3.32. The van der Waals surface area contributed by atoms with E-state index in [1.54, 1.807) is 29.4 Å². The molecule has 0 radical (unpaired) electrons. The maximum atomic E-state index is 12.3. The fourth-order valence-electron chi connectivity index (χ4n) is 2.25. The van der Waals surface area contributed by atoms with Crippen molar-refractivity contribution in [1.29, 1.82) is 0 Å². The van der Waals surface area contributed by atoms with E-state index in [0.717, 1.165) is 11.3 Å². The molecule has 0 aliphatic carbocycles. The smallest absolute Gasteiger partial charge is 0.251 e. The molecule has 3 rings (SSSR count). The van der Waals surface area contributed by atoms with Crippen LogP contribution in [0.1, 0.15) is 11.3 Å². The minimum absolute atomic E-state index is 0.101. The lowest BCUT2D eigenvalue weighted by molar-refractivity contribution is -0.114. The molecule has 21 heavy (non-hydrogen) atoms. The number of hydrogen-bond acceptors (Lipinski definition) is 4. The van der Waals surface area contributed by atoms with Crippen LogP contribution in [0.4, 0.5) is 5.69 Å². The van der Waals surface area contributed by atoms with Crippen molar-refractivity contribution in [3.8, 4) is 5.75 Å². The molecular formula is C16H16N2O3. The van der Waals surface area contributed by atoms with Gasteiger partial charge in [0.15, 0.2) is 0 Å². The second-order valence-electron chi connectivity index (χ2n) is 4.69. The first-order valence-corrected chi connectivity index (χ1v) is 6.77. The van der Waals surface area contributed by atoms with Gasteiger partial charge in [-0.2, -0.15) is 0 Å². The molecule has 0 bridgehead atoms. The quantitative estimate of drug-likeness (QED) is 0.877. The molecule has 2 heterocycles. The second-order valence-corrected chi connectivity index (χ2v) is 4.69. The number of ether oxygens (including phenoxy) is 1. The summed E-state index contributed by atoms with van der Waals surface area (Å²) in [6, 6.07) is 9.23. The van der Waals surface area contributed by atoms with Gasteiger partial charge in [0.2, 0.25) is 0 Å². The highest BCUT2D eigenvalue weighted by Gasteiger charge is 2.22.